The zero-order chi connectivity index (χ0) is 15.9. The minimum Gasteiger partial charge on any atom is -0.371 e. The first-order valence-corrected chi connectivity index (χ1v) is 8.33. The molecule has 0 aromatic carbocycles. The molecule has 1 atom stereocenters. The maximum absolute atomic E-state index is 4.44. The number of fused-ring (bicyclic) bond motifs is 1. The van der Waals surface area contributed by atoms with E-state index >= 15 is 0 Å². The van der Waals surface area contributed by atoms with Crippen molar-refractivity contribution in [2.75, 3.05) is 13.1 Å². The molecule has 0 N–H and O–H groups in total. The predicted octanol–water partition coefficient (Wildman–Crippen LogP) is 4.72. The van der Waals surface area contributed by atoms with E-state index in [4.69, 9.17) is 0 Å². The average Bonchev–Trinajstić information content (AvgIpc) is 3.23. The van der Waals surface area contributed by atoms with Crippen LogP contribution in [0, 0.1) is 12.8 Å². The highest BCUT2D eigenvalue weighted by atomic mass is 15.1. The molecule has 2 aliphatic rings. The van der Waals surface area contributed by atoms with Gasteiger partial charge >= 0.3 is 0 Å². The van der Waals surface area contributed by atoms with Crippen molar-refractivity contribution in [3.8, 4) is 0 Å². The van der Waals surface area contributed by atoms with Crippen molar-refractivity contribution in [3.63, 3.8) is 0 Å². The smallest absolute Gasteiger partial charge is 0.0457 e. The van der Waals surface area contributed by atoms with E-state index in [0.717, 1.165) is 30.8 Å². The standard InChI is InChI=1S/C20H26N2/c1-6-17(20-18-9-10-21-14(4)19(18)20)16-8-7-11-22(12-16)15(5)13(2)3/h9-10,16H,2,5-8,11-12H2,1,3-4H3/b20-17+. The molecule has 116 valence electrons. The van der Waals surface area contributed by atoms with Crippen molar-refractivity contribution < 1.29 is 0 Å². The summed E-state index contributed by atoms with van der Waals surface area (Å²) in [6.45, 7) is 16.9. The lowest BCUT2D eigenvalue weighted by molar-refractivity contribution is 0.241. The number of aryl methyl sites for hydroxylation is 1. The first kappa shape index (κ1) is 15.1. The number of piperidine rings is 1. The second-order valence-corrected chi connectivity index (χ2v) is 6.58. The number of hydrogen-bond donors (Lipinski definition) is 0. The Morgan fingerprint density at radius 2 is 2.18 bits per heavy atom. The summed E-state index contributed by atoms with van der Waals surface area (Å²) in [5, 5.41) is 0. The van der Waals surface area contributed by atoms with Crippen molar-refractivity contribution in [1.29, 1.82) is 0 Å². The molecule has 0 bridgehead atoms. The number of aromatic nitrogens is 1. The summed E-state index contributed by atoms with van der Waals surface area (Å²) < 4.78 is 0. The fourth-order valence-corrected chi connectivity index (χ4v) is 3.81. The van der Waals surface area contributed by atoms with E-state index in [2.05, 4.69) is 49.9 Å². The summed E-state index contributed by atoms with van der Waals surface area (Å²) >= 11 is 0. The molecule has 1 aromatic heterocycles. The third kappa shape index (κ3) is 2.51. The third-order valence-corrected chi connectivity index (χ3v) is 5.09. The van der Waals surface area contributed by atoms with E-state index in [1.165, 1.54) is 35.2 Å². The molecular formula is C20H26N2. The Bertz CT molecular complexity index is 666. The van der Waals surface area contributed by atoms with E-state index in [0.29, 0.717) is 5.92 Å². The second-order valence-electron chi connectivity index (χ2n) is 6.58. The van der Waals surface area contributed by atoms with E-state index < -0.39 is 0 Å². The van der Waals surface area contributed by atoms with Gasteiger partial charge in [0.2, 0.25) is 0 Å². The Hall–Kier alpha value is -1.83. The van der Waals surface area contributed by atoms with E-state index in [1.807, 2.05) is 6.20 Å². The van der Waals surface area contributed by atoms with E-state index in [9.17, 15) is 0 Å². The normalized spacial score (nSPS) is 22.1. The Morgan fingerprint density at radius 3 is 2.82 bits per heavy atom. The van der Waals surface area contributed by atoms with E-state index in [-0.39, 0.29) is 0 Å². The Labute approximate surface area is 134 Å². The molecule has 0 saturated carbocycles. The topological polar surface area (TPSA) is 16.1 Å². The zero-order valence-corrected chi connectivity index (χ0v) is 14.1. The summed E-state index contributed by atoms with van der Waals surface area (Å²) in [4.78, 5) is 6.86. The lowest BCUT2D eigenvalue weighted by atomic mass is 9.87. The van der Waals surface area contributed by atoms with E-state index in [1.54, 1.807) is 5.57 Å². The Balaban J connectivity index is 1.86. The lowest BCUT2D eigenvalue weighted by Gasteiger charge is -2.37. The molecule has 1 fully saturated rings. The Morgan fingerprint density at radius 1 is 1.41 bits per heavy atom. The van der Waals surface area contributed by atoms with Crippen molar-refractivity contribution in [2.45, 2.75) is 40.0 Å². The van der Waals surface area contributed by atoms with Crippen LogP contribution in [0.1, 0.15) is 49.9 Å². The SMILES string of the molecule is C=C(C)C(=C)N1CCCC(/C(CC)=C2\c3ccnc(C)c32)C1. The minimum atomic E-state index is 0.636. The number of allylic oxidation sites excluding steroid dienone is 1. The summed E-state index contributed by atoms with van der Waals surface area (Å²) in [5.41, 5.74) is 9.33. The summed E-state index contributed by atoms with van der Waals surface area (Å²) in [7, 11) is 0. The first-order chi connectivity index (χ1) is 10.5. The molecule has 1 aromatic rings. The lowest BCUT2D eigenvalue weighted by Crippen LogP contribution is -2.35. The summed E-state index contributed by atoms with van der Waals surface area (Å²) in [5.74, 6) is 0.636. The van der Waals surface area contributed by atoms with Gasteiger partial charge in [-0.05, 0) is 61.8 Å². The number of likely N-dealkylation sites (tertiary alicyclic amines) is 1. The minimum absolute atomic E-state index is 0.636. The molecule has 0 radical (unpaired) electrons. The van der Waals surface area contributed by atoms with Crippen molar-refractivity contribution in [2.24, 2.45) is 5.92 Å². The fourth-order valence-electron chi connectivity index (χ4n) is 3.81. The van der Waals surface area contributed by atoms with Gasteiger partial charge in [0.1, 0.15) is 0 Å². The first-order valence-electron chi connectivity index (χ1n) is 8.33. The number of hydrogen-bond acceptors (Lipinski definition) is 2. The van der Waals surface area contributed by atoms with Crippen LogP contribution in [0.15, 0.2) is 42.3 Å². The van der Waals surface area contributed by atoms with Gasteiger partial charge < -0.3 is 4.90 Å². The van der Waals surface area contributed by atoms with Crippen LogP contribution in [0.4, 0.5) is 0 Å². The van der Waals surface area contributed by atoms with Crippen LogP contribution in [0.2, 0.25) is 0 Å². The maximum Gasteiger partial charge on any atom is 0.0457 e. The molecule has 0 amide bonds. The molecular weight excluding hydrogens is 268 g/mol. The van der Waals surface area contributed by atoms with Gasteiger partial charge in [-0.25, -0.2) is 0 Å². The number of nitrogens with zero attached hydrogens (tertiary/aromatic N) is 2. The second kappa shape index (κ2) is 5.75. The van der Waals surface area contributed by atoms with Gasteiger partial charge in [0, 0.05) is 36.2 Å². The van der Waals surface area contributed by atoms with Gasteiger partial charge in [0.15, 0.2) is 0 Å². The van der Waals surface area contributed by atoms with Gasteiger partial charge in [-0.15, -0.1) is 0 Å². The zero-order valence-electron chi connectivity index (χ0n) is 14.1. The molecule has 0 spiro atoms. The highest BCUT2D eigenvalue weighted by Gasteiger charge is 2.34. The Kier molecular flexibility index (Phi) is 3.94. The van der Waals surface area contributed by atoms with Crippen molar-refractivity contribution in [1.82, 2.24) is 9.88 Å². The van der Waals surface area contributed by atoms with Crippen LogP contribution in [-0.4, -0.2) is 23.0 Å². The van der Waals surface area contributed by atoms with Crippen molar-refractivity contribution in [3.05, 3.63) is 59.1 Å². The number of pyridine rings is 1. The third-order valence-electron chi connectivity index (χ3n) is 5.09. The van der Waals surface area contributed by atoms with Crippen LogP contribution in [0.5, 0.6) is 0 Å². The van der Waals surface area contributed by atoms with Crippen LogP contribution in [0.3, 0.4) is 0 Å². The van der Waals surface area contributed by atoms with Gasteiger partial charge in [-0.2, -0.15) is 0 Å². The molecule has 1 aliphatic carbocycles. The largest absolute Gasteiger partial charge is 0.371 e. The van der Waals surface area contributed by atoms with Gasteiger partial charge in [0.05, 0.1) is 0 Å². The average molecular weight is 294 g/mol. The molecule has 1 unspecified atom stereocenters. The maximum atomic E-state index is 4.44. The molecule has 1 aliphatic heterocycles. The number of rotatable bonds is 4. The molecule has 2 heterocycles. The van der Waals surface area contributed by atoms with Gasteiger partial charge in [0.25, 0.3) is 0 Å². The van der Waals surface area contributed by atoms with Crippen LogP contribution >= 0.6 is 0 Å². The molecule has 2 heteroatoms. The van der Waals surface area contributed by atoms with Crippen LogP contribution in [-0.2, 0) is 0 Å². The highest BCUT2D eigenvalue weighted by molar-refractivity contribution is 6.02. The van der Waals surface area contributed by atoms with Gasteiger partial charge in [-0.1, -0.05) is 25.7 Å². The molecule has 22 heavy (non-hydrogen) atoms. The van der Waals surface area contributed by atoms with Crippen LogP contribution in [0.25, 0.3) is 5.57 Å². The van der Waals surface area contributed by atoms with Crippen molar-refractivity contribution >= 4 is 5.57 Å². The fraction of sp³-hybridized carbons (Fsp3) is 0.450. The summed E-state index contributed by atoms with van der Waals surface area (Å²) in [6.07, 6.45) is 5.58. The quantitative estimate of drug-likeness (QED) is 0.759. The molecule has 3 rings (SSSR count). The predicted molar refractivity (Wildman–Crippen MR) is 93.5 cm³/mol. The van der Waals surface area contributed by atoms with Gasteiger partial charge in [-0.3, -0.25) is 4.98 Å². The van der Waals surface area contributed by atoms with Crippen LogP contribution < -0.4 is 0 Å². The highest BCUT2D eigenvalue weighted by Crippen LogP contribution is 2.49. The summed E-state index contributed by atoms with van der Waals surface area (Å²) in [6, 6.07) is 2.17. The molecule has 1 saturated heterocycles. The monoisotopic (exact) mass is 294 g/mol. The molecule has 2 nitrogen and oxygen atoms in total.